The molecule has 0 fully saturated rings. The molecule has 0 aliphatic carbocycles. The molecular formula is C16H34N2O. The van der Waals surface area contributed by atoms with Gasteiger partial charge in [-0.15, -0.1) is 0 Å². The van der Waals surface area contributed by atoms with Crippen molar-refractivity contribution in [1.82, 2.24) is 10.6 Å². The third kappa shape index (κ3) is 15.2. The zero-order valence-corrected chi connectivity index (χ0v) is 13.3. The molecule has 2 amide bonds. The van der Waals surface area contributed by atoms with Gasteiger partial charge in [-0.1, -0.05) is 64.7 Å². The van der Waals surface area contributed by atoms with Crippen LogP contribution in [0.25, 0.3) is 0 Å². The molecule has 3 nitrogen and oxygen atoms in total. The minimum Gasteiger partial charge on any atom is -0.338 e. The molecule has 3 heteroatoms. The van der Waals surface area contributed by atoms with Crippen LogP contribution < -0.4 is 10.6 Å². The summed E-state index contributed by atoms with van der Waals surface area (Å²) in [6.45, 7) is 7.00. The van der Waals surface area contributed by atoms with Gasteiger partial charge in [0.1, 0.15) is 0 Å². The largest absolute Gasteiger partial charge is 0.338 e. The second kappa shape index (κ2) is 13.7. The van der Waals surface area contributed by atoms with Crippen molar-refractivity contribution in [2.75, 3.05) is 6.54 Å². The van der Waals surface area contributed by atoms with Crippen LogP contribution in [0.1, 0.15) is 85.0 Å². The number of nitrogens with one attached hydrogen (secondary N) is 2. The molecule has 0 bridgehead atoms. The number of carbonyl (C=O) groups is 1. The number of amides is 2. The van der Waals surface area contributed by atoms with Gasteiger partial charge in [-0.25, -0.2) is 4.79 Å². The molecule has 0 aliphatic rings. The Morgan fingerprint density at radius 2 is 1.32 bits per heavy atom. The van der Waals surface area contributed by atoms with E-state index in [2.05, 4.69) is 17.6 Å². The van der Waals surface area contributed by atoms with Crippen molar-refractivity contribution < 1.29 is 4.79 Å². The number of hydrogen-bond donors (Lipinski definition) is 2. The zero-order valence-electron chi connectivity index (χ0n) is 13.3. The molecule has 0 heterocycles. The lowest BCUT2D eigenvalue weighted by molar-refractivity contribution is 0.238. The number of hydrogen-bond acceptors (Lipinski definition) is 1. The van der Waals surface area contributed by atoms with Gasteiger partial charge in [0, 0.05) is 12.6 Å². The first-order valence-corrected chi connectivity index (χ1v) is 8.21. The number of carbonyl (C=O) groups excluding carboxylic acids is 1. The summed E-state index contributed by atoms with van der Waals surface area (Å²) in [5.74, 6) is 0. The maximum Gasteiger partial charge on any atom is 0.314 e. The third-order valence-electron chi connectivity index (χ3n) is 3.24. The summed E-state index contributed by atoms with van der Waals surface area (Å²) >= 11 is 0. The van der Waals surface area contributed by atoms with Crippen molar-refractivity contribution in [3.8, 4) is 0 Å². The quantitative estimate of drug-likeness (QED) is 0.499. The van der Waals surface area contributed by atoms with E-state index in [4.69, 9.17) is 0 Å². The third-order valence-corrected chi connectivity index (χ3v) is 3.24. The topological polar surface area (TPSA) is 41.1 Å². The fourth-order valence-electron chi connectivity index (χ4n) is 2.13. The van der Waals surface area contributed by atoms with Crippen LogP contribution in [0.2, 0.25) is 0 Å². The average Bonchev–Trinajstić information content (AvgIpc) is 2.35. The van der Waals surface area contributed by atoms with Crippen LogP contribution in [-0.2, 0) is 0 Å². The zero-order chi connectivity index (χ0) is 14.3. The van der Waals surface area contributed by atoms with E-state index in [-0.39, 0.29) is 12.1 Å². The van der Waals surface area contributed by atoms with Gasteiger partial charge >= 0.3 is 6.03 Å². The average molecular weight is 270 g/mol. The summed E-state index contributed by atoms with van der Waals surface area (Å²) in [5, 5.41) is 5.72. The van der Waals surface area contributed by atoms with Crippen molar-refractivity contribution in [2.45, 2.75) is 91.0 Å². The van der Waals surface area contributed by atoms with E-state index >= 15 is 0 Å². The highest BCUT2D eigenvalue weighted by atomic mass is 16.2. The number of unbranched alkanes of at least 4 members (excludes halogenated alkanes) is 9. The summed E-state index contributed by atoms with van der Waals surface area (Å²) in [4.78, 5) is 11.3. The molecule has 0 aromatic rings. The van der Waals surface area contributed by atoms with E-state index in [1.807, 2.05) is 13.8 Å². The minimum atomic E-state index is -0.0362. The monoisotopic (exact) mass is 270 g/mol. The van der Waals surface area contributed by atoms with Gasteiger partial charge in [0.15, 0.2) is 0 Å². The summed E-state index contributed by atoms with van der Waals surface area (Å²) in [7, 11) is 0. The Bertz CT molecular complexity index is 205. The SMILES string of the molecule is CCCCCCCCCCCCNC(=O)NC(C)C. The molecule has 2 N–H and O–H groups in total. The summed E-state index contributed by atoms with van der Waals surface area (Å²) in [6.07, 6.45) is 13.3. The molecule has 0 aromatic carbocycles. The first-order chi connectivity index (χ1) is 9.16. The molecule has 0 aliphatic heterocycles. The van der Waals surface area contributed by atoms with Crippen LogP contribution in [0.15, 0.2) is 0 Å². The molecular weight excluding hydrogens is 236 g/mol. The van der Waals surface area contributed by atoms with E-state index in [0.717, 1.165) is 13.0 Å². The Morgan fingerprint density at radius 3 is 1.79 bits per heavy atom. The number of urea groups is 1. The van der Waals surface area contributed by atoms with Gasteiger partial charge in [-0.05, 0) is 20.3 Å². The fourth-order valence-corrected chi connectivity index (χ4v) is 2.13. The second-order valence-electron chi connectivity index (χ2n) is 5.74. The summed E-state index contributed by atoms with van der Waals surface area (Å²) in [6, 6.07) is 0.179. The molecule has 0 unspecified atom stereocenters. The second-order valence-corrected chi connectivity index (χ2v) is 5.74. The molecule has 0 radical (unpaired) electrons. The first kappa shape index (κ1) is 18.3. The molecule has 0 atom stereocenters. The normalized spacial score (nSPS) is 10.7. The molecule has 0 rings (SSSR count). The van der Waals surface area contributed by atoms with E-state index < -0.39 is 0 Å². The van der Waals surface area contributed by atoms with Crippen LogP contribution in [-0.4, -0.2) is 18.6 Å². The summed E-state index contributed by atoms with van der Waals surface area (Å²) < 4.78 is 0. The highest BCUT2D eigenvalue weighted by Crippen LogP contribution is 2.10. The Morgan fingerprint density at radius 1 is 0.842 bits per heavy atom. The summed E-state index contributed by atoms with van der Waals surface area (Å²) in [5.41, 5.74) is 0. The lowest BCUT2D eigenvalue weighted by Crippen LogP contribution is -2.39. The Hall–Kier alpha value is -0.730. The standard InChI is InChI=1S/C16H34N2O/c1-4-5-6-7-8-9-10-11-12-13-14-17-16(19)18-15(2)3/h15H,4-14H2,1-3H3,(H2,17,18,19). The molecule has 0 spiro atoms. The predicted octanol–water partition coefficient (Wildman–Crippen LogP) is 4.61. The Balaban J connectivity index is 3.08. The van der Waals surface area contributed by atoms with Crippen LogP contribution in [0.3, 0.4) is 0 Å². The highest BCUT2D eigenvalue weighted by molar-refractivity contribution is 5.73. The lowest BCUT2D eigenvalue weighted by atomic mass is 10.1. The van der Waals surface area contributed by atoms with E-state index in [0.29, 0.717) is 0 Å². The van der Waals surface area contributed by atoms with Crippen molar-refractivity contribution in [2.24, 2.45) is 0 Å². The van der Waals surface area contributed by atoms with Crippen LogP contribution in [0.5, 0.6) is 0 Å². The van der Waals surface area contributed by atoms with Crippen molar-refractivity contribution in [1.29, 1.82) is 0 Å². The van der Waals surface area contributed by atoms with Gasteiger partial charge < -0.3 is 10.6 Å². The highest BCUT2D eigenvalue weighted by Gasteiger charge is 2.00. The van der Waals surface area contributed by atoms with Crippen molar-refractivity contribution in [3.05, 3.63) is 0 Å². The predicted molar refractivity (Wildman–Crippen MR) is 83.5 cm³/mol. The van der Waals surface area contributed by atoms with E-state index in [1.165, 1.54) is 57.8 Å². The van der Waals surface area contributed by atoms with Crippen molar-refractivity contribution in [3.63, 3.8) is 0 Å². The molecule has 0 saturated heterocycles. The maximum absolute atomic E-state index is 11.3. The van der Waals surface area contributed by atoms with E-state index in [1.54, 1.807) is 0 Å². The lowest BCUT2D eigenvalue weighted by Gasteiger charge is -2.09. The first-order valence-electron chi connectivity index (χ1n) is 8.21. The Kier molecular flexibility index (Phi) is 13.2. The van der Waals surface area contributed by atoms with Gasteiger partial charge in [-0.2, -0.15) is 0 Å². The Labute approximate surface area is 119 Å². The van der Waals surface area contributed by atoms with Crippen LogP contribution >= 0.6 is 0 Å². The van der Waals surface area contributed by atoms with Gasteiger partial charge in [-0.3, -0.25) is 0 Å². The van der Waals surface area contributed by atoms with Gasteiger partial charge in [0.2, 0.25) is 0 Å². The number of rotatable bonds is 12. The van der Waals surface area contributed by atoms with Crippen LogP contribution in [0, 0.1) is 0 Å². The maximum atomic E-state index is 11.3. The smallest absolute Gasteiger partial charge is 0.314 e. The van der Waals surface area contributed by atoms with E-state index in [9.17, 15) is 4.79 Å². The van der Waals surface area contributed by atoms with Gasteiger partial charge in [0.05, 0.1) is 0 Å². The van der Waals surface area contributed by atoms with Gasteiger partial charge in [0.25, 0.3) is 0 Å². The molecule has 0 aromatic heterocycles. The van der Waals surface area contributed by atoms with Crippen LogP contribution in [0.4, 0.5) is 4.79 Å². The molecule has 0 saturated carbocycles. The fraction of sp³-hybridized carbons (Fsp3) is 0.938. The van der Waals surface area contributed by atoms with Crippen molar-refractivity contribution >= 4 is 6.03 Å². The minimum absolute atomic E-state index is 0.0362. The molecule has 114 valence electrons. The molecule has 19 heavy (non-hydrogen) atoms.